The van der Waals surface area contributed by atoms with Crippen molar-refractivity contribution in [3.8, 4) is 0 Å². The molecule has 1 aliphatic carbocycles. The standard InChI is InChI=1S/C4H7NO2/c5-4(1-2-4)3(6)7/h1-2,5H2,(H,6,7)/i1D2,2D2. The number of hydrogen-bond acceptors (Lipinski definition) is 2. The van der Waals surface area contributed by atoms with Gasteiger partial charge >= 0.3 is 5.97 Å². The molecule has 0 atom stereocenters. The first kappa shape index (κ1) is 1.74. The molecular formula is C4H7NO2. The summed E-state index contributed by atoms with van der Waals surface area (Å²) in [5.74, 6) is -1.65. The fourth-order valence-electron chi connectivity index (χ4n) is 0.174. The Labute approximate surface area is 46.7 Å². The molecule has 0 radical (unpaired) electrons. The largest absolute Gasteiger partial charge is 0.480 e. The fourth-order valence-corrected chi connectivity index (χ4v) is 0.174. The second-order valence-corrected chi connectivity index (χ2v) is 1.36. The monoisotopic (exact) mass is 105 g/mol. The van der Waals surface area contributed by atoms with Gasteiger partial charge in [-0.25, -0.2) is 0 Å². The van der Waals surface area contributed by atoms with Crippen molar-refractivity contribution in [1.82, 2.24) is 0 Å². The maximum absolute atomic E-state index is 10.3. The summed E-state index contributed by atoms with van der Waals surface area (Å²) >= 11 is 0. The van der Waals surface area contributed by atoms with Gasteiger partial charge in [-0.3, -0.25) is 4.79 Å². The van der Waals surface area contributed by atoms with Crippen molar-refractivity contribution < 1.29 is 15.4 Å². The topological polar surface area (TPSA) is 63.3 Å². The van der Waals surface area contributed by atoms with E-state index in [1.165, 1.54) is 0 Å². The van der Waals surface area contributed by atoms with Crippen LogP contribution in [0.3, 0.4) is 0 Å². The Morgan fingerprint density at radius 2 is 2.43 bits per heavy atom. The first-order valence-corrected chi connectivity index (χ1v) is 1.72. The quantitative estimate of drug-likeness (QED) is 0.475. The van der Waals surface area contributed by atoms with E-state index in [-0.39, 0.29) is 0 Å². The third kappa shape index (κ3) is 0.587. The third-order valence-corrected chi connectivity index (χ3v) is 0.732. The summed E-state index contributed by atoms with van der Waals surface area (Å²) in [6, 6.07) is 0. The van der Waals surface area contributed by atoms with Crippen LogP contribution in [0.5, 0.6) is 0 Å². The van der Waals surface area contributed by atoms with Gasteiger partial charge in [0.05, 0.1) is 0 Å². The normalized spacial score (nSPS) is 47.0. The minimum Gasteiger partial charge on any atom is -0.480 e. The highest BCUT2D eigenvalue weighted by molar-refractivity contribution is 5.81. The molecule has 1 aliphatic rings. The van der Waals surface area contributed by atoms with Crippen molar-refractivity contribution in [2.75, 3.05) is 0 Å². The van der Waals surface area contributed by atoms with Crippen LogP contribution >= 0.6 is 0 Å². The Kier molecular flexibility index (Phi) is 0.244. The first-order chi connectivity index (χ1) is 4.69. The lowest BCUT2D eigenvalue weighted by atomic mass is 10.3. The van der Waals surface area contributed by atoms with E-state index in [9.17, 15) is 4.79 Å². The number of nitrogens with two attached hydrogens (primary N) is 1. The SMILES string of the molecule is [2H]C1([2H])C([2H])([2H])C1(N)C(=O)O. The minimum absolute atomic E-state index is 1.65. The molecule has 0 saturated heterocycles. The number of carboxylic acids is 1. The number of aliphatic carboxylic acids is 1. The molecule has 0 heterocycles. The van der Waals surface area contributed by atoms with Crippen LogP contribution in [0.25, 0.3) is 0 Å². The molecule has 3 N–H and O–H groups in total. The molecule has 0 unspecified atom stereocenters. The molecule has 0 amide bonds. The van der Waals surface area contributed by atoms with Crippen LogP contribution in [0.4, 0.5) is 0 Å². The molecule has 0 spiro atoms. The molecule has 0 aromatic rings. The van der Waals surface area contributed by atoms with Gasteiger partial charge in [0.15, 0.2) is 0 Å². The van der Waals surface area contributed by atoms with E-state index in [4.69, 9.17) is 16.3 Å². The zero-order valence-electron chi connectivity index (χ0n) is 7.43. The van der Waals surface area contributed by atoms with E-state index in [1.54, 1.807) is 0 Å². The van der Waals surface area contributed by atoms with E-state index in [2.05, 4.69) is 0 Å². The van der Waals surface area contributed by atoms with E-state index >= 15 is 0 Å². The van der Waals surface area contributed by atoms with Crippen molar-refractivity contribution in [2.45, 2.75) is 18.3 Å². The van der Waals surface area contributed by atoms with Gasteiger partial charge in [0.1, 0.15) is 5.54 Å². The Hall–Kier alpha value is -0.570. The summed E-state index contributed by atoms with van der Waals surface area (Å²) in [7, 11) is 0. The van der Waals surface area contributed by atoms with Crippen molar-refractivity contribution >= 4 is 5.97 Å². The smallest absolute Gasteiger partial charge is 0.323 e. The average molecular weight is 105 g/mol. The number of carboxylic acid groups (broad SMARTS) is 1. The van der Waals surface area contributed by atoms with Crippen LogP contribution in [-0.4, -0.2) is 16.6 Å². The molecule has 3 nitrogen and oxygen atoms in total. The highest BCUT2D eigenvalue weighted by Crippen LogP contribution is 2.31. The molecule has 0 aromatic heterocycles. The van der Waals surface area contributed by atoms with Gasteiger partial charge in [0.25, 0.3) is 0 Å². The van der Waals surface area contributed by atoms with E-state index in [1.807, 2.05) is 0 Å². The van der Waals surface area contributed by atoms with Crippen molar-refractivity contribution in [1.29, 1.82) is 0 Å². The zero-order chi connectivity index (χ0) is 9.08. The lowest BCUT2D eigenvalue weighted by Gasteiger charge is -1.95. The van der Waals surface area contributed by atoms with Gasteiger partial charge in [0.2, 0.25) is 0 Å². The molecule has 1 rings (SSSR count). The van der Waals surface area contributed by atoms with Gasteiger partial charge in [-0.05, 0) is 12.7 Å². The van der Waals surface area contributed by atoms with Gasteiger partial charge in [-0.1, -0.05) is 0 Å². The maximum Gasteiger partial charge on any atom is 0.323 e. The second kappa shape index (κ2) is 0.980. The van der Waals surface area contributed by atoms with Gasteiger partial charge in [-0.15, -0.1) is 0 Å². The highest BCUT2D eigenvalue weighted by atomic mass is 16.4. The summed E-state index contributed by atoms with van der Waals surface area (Å²) in [6.07, 6.45) is -4.93. The van der Waals surface area contributed by atoms with E-state index in [0.717, 1.165) is 0 Å². The Balaban J connectivity index is 3.06. The summed E-state index contributed by atoms with van der Waals surface area (Å²) in [6.45, 7) is 0. The Bertz CT molecular complexity index is 212. The summed E-state index contributed by atoms with van der Waals surface area (Å²) in [5.41, 5.74) is 2.62. The Morgan fingerprint density at radius 3 is 2.43 bits per heavy atom. The van der Waals surface area contributed by atoms with Gasteiger partial charge in [0, 0.05) is 5.48 Å². The summed E-state index contributed by atoms with van der Waals surface area (Å²) in [5, 5.41) is 8.38. The molecule has 1 fully saturated rings. The second-order valence-electron chi connectivity index (χ2n) is 1.36. The van der Waals surface area contributed by atoms with Crippen molar-refractivity contribution in [3.63, 3.8) is 0 Å². The number of rotatable bonds is 1. The van der Waals surface area contributed by atoms with Gasteiger partial charge in [-0.2, -0.15) is 0 Å². The number of carbonyl (C=O) groups is 1. The highest BCUT2D eigenvalue weighted by Gasteiger charge is 2.46. The molecule has 0 bridgehead atoms. The van der Waals surface area contributed by atoms with Crippen LogP contribution in [0.2, 0.25) is 0 Å². The first-order valence-electron chi connectivity index (χ1n) is 3.72. The van der Waals surface area contributed by atoms with Crippen molar-refractivity contribution in [3.05, 3.63) is 0 Å². The van der Waals surface area contributed by atoms with E-state index in [0.29, 0.717) is 0 Å². The molecule has 40 valence electrons. The number of hydrogen-bond donors (Lipinski definition) is 2. The molecule has 1 saturated carbocycles. The van der Waals surface area contributed by atoms with Crippen LogP contribution in [0.15, 0.2) is 0 Å². The molecule has 0 aromatic carbocycles. The molecule has 0 aliphatic heterocycles. The van der Waals surface area contributed by atoms with E-state index < -0.39 is 24.3 Å². The Morgan fingerprint density at radius 1 is 2.00 bits per heavy atom. The minimum atomic E-state index is -2.47. The fraction of sp³-hybridized carbons (Fsp3) is 0.750. The van der Waals surface area contributed by atoms with Crippen molar-refractivity contribution in [2.24, 2.45) is 5.73 Å². The molecule has 7 heavy (non-hydrogen) atoms. The molecule has 3 heteroatoms. The third-order valence-electron chi connectivity index (χ3n) is 0.732. The van der Waals surface area contributed by atoms with Crippen LogP contribution in [0.1, 0.15) is 18.2 Å². The van der Waals surface area contributed by atoms with Gasteiger partial charge < -0.3 is 10.8 Å². The summed E-state index contributed by atoms with van der Waals surface area (Å²) < 4.78 is 27.7. The summed E-state index contributed by atoms with van der Waals surface area (Å²) in [4.78, 5) is 10.3. The van der Waals surface area contributed by atoms with Crippen LogP contribution < -0.4 is 5.73 Å². The predicted octanol–water partition coefficient (Wildman–Crippen LogP) is -0.438. The zero-order valence-corrected chi connectivity index (χ0v) is 3.43. The molecular weight excluding hydrogens is 94.0 g/mol. The van der Waals surface area contributed by atoms with Crippen LogP contribution in [-0.2, 0) is 4.79 Å². The lowest BCUT2D eigenvalue weighted by Crippen LogP contribution is -2.31. The lowest BCUT2D eigenvalue weighted by molar-refractivity contribution is -0.139. The maximum atomic E-state index is 10.3. The van der Waals surface area contributed by atoms with Crippen LogP contribution in [0, 0.1) is 0 Å². The average Bonchev–Trinajstić information content (AvgIpc) is 2.11. The predicted molar refractivity (Wildman–Crippen MR) is 23.8 cm³/mol.